The van der Waals surface area contributed by atoms with E-state index in [1.807, 2.05) is 17.8 Å². The van der Waals surface area contributed by atoms with Gasteiger partial charge in [0.1, 0.15) is 5.82 Å². The fourth-order valence-electron chi connectivity index (χ4n) is 2.26. The van der Waals surface area contributed by atoms with Crippen molar-refractivity contribution in [2.45, 2.75) is 44.8 Å². The van der Waals surface area contributed by atoms with E-state index in [4.69, 9.17) is 10.5 Å². The molecule has 0 aromatic carbocycles. The van der Waals surface area contributed by atoms with Crippen molar-refractivity contribution in [3.63, 3.8) is 0 Å². The minimum atomic E-state index is 0.384. The summed E-state index contributed by atoms with van der Waals surface area (Å²) in [5.74, 6) is 0.648. The number of aromatic nitrogens is 2. The first kappa shape index (κ1) is 10.5. The van der Waals surface area contributed by atoms with Crippen molar-refractivity contribution in [2.75, 3.05) is 12.8 Å². The number of anilines is 1. The lowest BCUT2D eigenvalue weighted by atomic mass is 9.93. The summed E-state index contributed by atoms with van der Waals surface area (Å²) in [4.78, 5) is 0. The topological polar surface area (TPSA) is 53.1 Å². The molecule has 0 radical (unpaired) electrons. The van der Waals surface area contributed by atoms with Crippen molar-refractivity contribution in [3.8, 4) is 0 Å². The van der Waals surface area contributed by atoms with Crippen LogP contribution < -0.4 is 5.73 Å². The molecule has 1 aliphatic carbocycles. The third-order valence-electron chi connectivity index (χ3n) is 3.26. The highest BCUT2D eigenvalue weighted by atomic mass is 16.5. The summed E-state index contributed by atoms with van der Waals surface area (Å²) in [6.07, 6.45) is 7.04. The molecular formula is C11H19N3O. The van der Waals surface area contributed by atoms with Crippen LogP contribution in [0.3, 0.4) is 0 Å². The Bertz CT molecular complexity index is 315. The summed E-state index contributed by atoms with van der Waals surface area (Å²) in [5.41, 5.74) is 6.82. The highest BCUT2D eigenvalue weighted by molar-refractivity contribution is 5.35. The first-order chi connectivity index (χ1) is 7.20. The minimum absolute atomic E-state index is 0.384. The van der Waals surface area contributed by atoms with Crippen molar-refractivity contribution in [1.82, 2.24) is 9.78 Å². The molecule has 1 aromatic rings. The largest absolute Gasteiger partial charge is 0.382 e. The van der Waals surface area contributed by atoms with Crippen LogP contribution in [-0.4, -0.2) is 23.0 Å². The molecule has 2 atom stereocenters. The quantitative estimate of drug-likeness (QED) is 0.809. The van der Waals surface area contributed by atoms with Gasteiger partial charge in [0, 0.05) is 18.9 Å². The van der Waals surface area contributed by atoms with E-state index in [-0.39, 0.29) is 0 Å². The third-order valence-corrected chi connectivity index (χ3v) is 3.26. The predicted molar refractivity (Wildman–Crippen MR) is 59.7 cm³/mol. The van der Waals surface area contributed by atoms with E-state index in [0.29, 0.717) is 18.0 Å². The van der Waals surface area contributed by atoms with E-state index >= 15 is 0 Å². The Kier molecular flexibility index (Phi) is 2.95. The molecule has 2 unspecified atom stereocenters. The van der Waals surface area contributed by atoms with E-state index in [9.17, 15) is 0 Å². The lowest BCUT2D eigenvalue weighted by molar-refractivity contribution is 0.0508. The molecule has 0 amide bonds. The average Bonchev–Trinajstić information content (AvgIpc) is 2.59. The maximum Gasteiger partial charge on any atom is 0.148 e. The van der Waals surface area contributed by atoms with E-state index in [1.165, 1.54) is 19.3 Å². The van der Waals surface area contributed by atoms with E-state index in [0.717, 1.165) is 12.0 Å². The Hall–Kier alpha value is -1.03. The molecule has 0 bridgehead atoms. The van der Waals surface area contributed by atoms with Crippen LogP contribution in [0.4, 0.5) is 5.82 Å². The number of nitrogens with zero attached hydrogens (tertiary/aromatic N) is 2. The smallest absolute Gasteiger partial charge is 0.148 e. The van der Waals surface area contributed by atoms with Crippen LogP contribution in [0, 0.1) is 6.92 Å². The van der Waals surface area contributed by atoms with Gasteiger partial charge >= 0.3 is 0 Å². The molecule has 0 saturated heterocycles. The summed E-state index contributed by atoms with van der Waals surface area (Å²) in [6, 6.07) is 0.458. The van der Waals surface area contributed by atoms with Crippen LogP contribution in [0.15, 0.2) is 6.20 Å². The van der Waals surface area contributed by atoms with Gasteiger partial charge in [-0.05, 0) is 32.6 Å². The number of methoxy groups -OCH3 is 1. The Morgan fingerprint density at radius 3 is 2.93 bits per heavy atom. The van der Waals surface area contributed by atoms with E-state index in [2.05, 4.69) is 5.10 Å². The molecule has 2 rings (SSSR count). The number of aryl methyl sites for hydroxylation is 1. The fraction of sp³-hybridized carbons (Fsp3) is 0.727. The highest BCUT2D eigenvalue weighted by Crippen LogP contribution is 2.30. The van der Waals surface area contributed by atoms with E-state index < -0.39 is 0 Å². The van der Waals surface area contributed by atoms with Crippen molar-refractivity contribution in [3.05, 3.63) is 11.8 Å². The molecule has 1 fully saturated rings. The first-order valence-corrected chi connectivity index (χ1v) is 5.54. The lowest BCUT2D eigenvalue weighted by Crippen LogP contribution is -2.24. The van der Waals surface area contributed by atoms with Crippen molar-refractivity contribution in [2.24, 2.45) is 0 Å². The van der Waals surface area contributed by atoms with Gasteiger partial charge in [-0.25, -0.2) is 0 Å². The van der Waals surface area contributed by atoms with Gasteiger partial charge in [-0.2, -0.15) is 5.10 Å². The van der Waals surface area contributed by atoms with Crippen LogP contribution in [0.1, 0.15) is 37.3 Å². The molecule has 2 N–H and O–H groups in total. The molecule has 1 saturated carbocycles. The standard InChI is InChI=1S/C11H19N3O/c1-8-7-14(13-11(8)12)9-4-3-5-10(6-9)15-2/h7,9-10H,3-6H2,1-2H3,(H2,12,13). The van der Waals surface area contributed by atoms with Crippen LogP contribution in [0.5, 0.6) is 0 Å². The Morgan fingerprint density at radius 1 is 1.53 bits per heavy atom. The van der Waals surface area contributed by atoms with Gasteiger partial charge < -0.3 is 10.5 Å². The maximum atomic E-state index is 5.75. The molecular weight excluding hydrogens is 190 g/mol. The number of nitrogens with two attached hydrogens (primary N) is 1. The number of nitrogen functional groups attached to an aromatic ring is 1. The van der Waals surface area contributed by atoms with Crippen LogP contribution in [0.25, 0.3) is 0 Å². The van der Waals surface area contributed by atoms with Gasteiger partial charge in [-0.1, -0.05) is 0 Å². The lowest BCUT2D eigenvalue weighted by Gasteiger charge is -2.28. The predicted octanol–water partition coefficient (Wildman–Crippen LogP) is 1.90. The molecule has 4 heteroatoms. The van der Waals surface area contributed by atoms with Crippen molar-refractivity contribution in [1.29, 1.82) is 0 Å². The summed E-state index contributed by atoms with van der Waals surface area (Å²) in [7, 11) is 1.79. The normalized spacial score (nSPS) is 26.8. The number of hydrogen-bond acceptors (Lipinski definition) is 3. The molecule has 0 aliphatic heterocycles. The number of rotatable bonds is 2. The van der Waals surface area contributed by atoms with Gasteiger partial charge in [-0.15, -0.1) is 0 Å². The second kappa shape index (κ2) is 4.23. The summed E-state index contributed by atoms with van der Waals surface area (Å²) in [6.45, 7) is 2.00. The SMILES string of the molecule is COC1CCCC(n2cc(C)c(N)n2)C1. The van der Waals surface area contributed by atoms with Crippen LogP contribution in [0.2, 0.25) is 0 Å². The van der Waals surface area contributed by atoms with Gasteiger partial charge in [0.15, 0.2) is 0 Å². The van der Waals surface area contributed by atoms with Crippen molar-refractivity contribution >= 4 is 5.82 Å². The van der Waals surface area contributed by atoms with Crippen molar-refractivity contribution < 1.29 is 4.74 Å². The van der Waals surface area contributed by atoms with E-state index in [1.54, 1.807) is 7.11 Å². The zero-order valence-electron chi connectivity index (χ0n) is 9.44. The number of ether oxygens (including phenoxy) is 1. The summed E-state index contributed by atoms with van der Waals surface area (Å²) in [5, 5.41) is 4.34. The van der Waals surface area contributed by atoms with Gasteiger partial charge in [0.25, 0.3) is 0 Å². The molecule has 1 aliphatic rings. The molecule has 1 heterocycles. The molecule has 84 valence electrons. The average molecular weight is 209 g/mol. The highest BCUT2D eigenvalue weighted by Gasteiger charge is 2.23. The molecule has 0 spiro atoms. The number of hydrogen-bond donors (Lipinski definition) is 1. The van der Waals surface area contributed by atoms with Gasteiger partial charge in [-0.3, -0.25) is 4.68 Å². The second-order valence-electron chi connectivity index (χ2n) is 4.36. The monoisotopic (exact) mass is 209 g/mol. The zero-order chi connectivity index (χ0) is 10.8. The molecule has 1 aromatic heterocycles. The fourth-order valence-corrected chi connectivity index (χ4v) is 2.26. The first-order valence-electron chi connectivity index (χ1n) is 5.54. The summed E-state index contributed by atoms with van der Waals surface area (Å²) >= 11 is 0. The summed E-state index contributed by atoms with van der Waals surface area (Å²) < 4.78 is 7.42. The maximum absolute atomic E-state index is 5.75. The zero-order valence-corrected chi connectivity index (χ0v) is 9.44. The Labute approximate surface area is 90.4 Å². The third kappa shape index (κ3) is 2.15. The molecule has 15 heavy (non-hydrogen) atoms. The van der Waals surface area contributed by atoms with Crippen LogP contribution in [-0.2, 0) is 4.74 Å². The Balaban J connectivity index is 2.09. The van der Waals surface area contributed by atoms with Gasteiger partial charge in [0.05, 0.1) is 12.1 Å². The Morgan fingerprint density at radius 2 is 2.33 bits per heavy atom. The second-order valence-corrected chi connectivity index (χ2v) is 4.36. The van der Waals surface area contributed by atoms with Gasteiger partial charge in [0.2, 0.25) is 0 Å². The molecule has 4 nitrogen and oxygen atoms in total. The minimum Gasteiger partial charge on any atom is -0.382 e. The van der Waals surface area contributed by atoms with Crippen LogP contribution >= 0.6 is 0 Å².